The standard InChI is InChI=1S/C22H25NO5/c1-2-3-10-23(13-17-5-8-19-21(12-17)28-15-26-19)22(24)9-6-16-4-7-18-20(11-16)27-14-25-18/h4-5,7-8,11-12H,2-3,6,9-10,13-15H2,1H3. The van der Waals surface area contributed by atoms with E-state index in [9.17, 15) is 4.79 Å². The van der Waals surface area contributed by atoms with Gasteiger partial charge in [-0.15, -0.1) is 0 Å². The minimum absolute atomic E-state index is 0.156. The lowest BCUT2D eigenvalue weighted by atomic mass is 10.1. The molecule has 0 aromatic heterocycles. The number of rotatable bonds is 8. The summed E-state index contributed by atoms with van der Waals surface area (Å²) in [5.41, 5.74) is 2.13. The molecule has 0 aliphatic carbocycles. The molecule has 0 radical (unpaired) electrons. The molecule has 2 aliphatic rings. The highest BCUT2D eigenvalue weighted by Crippen LogP contribution is 2.34. The van der Waals surface area contributed by atoms with Gasteiger partial charge in [0.25, 0.3) is 0 Å². The highest BCUT2D eigenvalue weighted by molar-refractivity contribution is 5.76. The zero-order chi connectivity index (χ0) is 19.3. The second-order valence-electron chi connectivity index (χ2n) is 7.04. The SMILES string of the molecule is CCCCN(Cc1ccc2c(c1)OCO2)C(=O)CCc1ccc2c(c1)OCO2. The van der Waals surface area contributed by atoms with Crippen LogP contribution in [-0.4, -0.2) is 30.9 Å². The van der Waals surface area contributed by atoms with E-state index in [0.717, 1.165) is 53.5 Å². The van der Waals surface area contributed by atoms with Crippen molar-refractivity contribution in [2.24, 2.45) is 0 Å². The molecule has 6 nitrogen and oxygen atoms in total. The van der Waals surface area contributed by atoms with E-state index in [2.05, 4.69) is 6.92 Å². The maximum atomic E-state index is 12.9. The van der Waals surface area contributed by atoms with Crippen LogP contribution in [0.1, 0.15) is 37.3 Å². The first-order chi connectivity index (χ1) is 13.7. The van der Waals surface area contributed by atoms with E-state index in [1.54, 1.807) is 0 Å². The van der Waals surface area contributed by atoms with Gasteiger partial charge >= 0.3 is 0 Å². The lowest BCUT2D eigenvalue weighted by Crippen LogP contribution is -2.31. The molecule has 148 valence electrons. The highest BCUT2D eigenvalue weighted by Gasteiger charge is 2.18. The fraction of sp³-hybridized carbons (Fsp3) is 0.409. The van der Waals surface area contributed by atoms with Crippen molar-refractivity contribution in [1.82, 2.24) is 4.90 Å². The summed E-state index contributed by atoms with van der Waals surface area (Å²) in [7, 11) is 0. The van der Waals surface area contributed by atoms with Gasteiger partial charge in [0.05, 0.1) is 0 Å². The molecule has 0 bridgehead atoms. The molecule has 6 heteroatoms. The van der Waals surface area contributed by atoms with Crippen molar-refractivity contribution in [3.63, 3.8) is 0 Å². The van der Waals surface area contributed by atoms with Crippen LogP contribution in [0.5, 0.6) is 23.0 Å². The molecule has 2 aliphatic heterocycles. The lowest BCUT2D eigenvalue weighted by molar-refractivity contribution is -0.131. The van der Waals surface area contributed by atoms with Crippen LogP contribution >= 0.6 is 0 Å². The predicted molar refractivity (Wildman–Crippen MR) is 104 cm³/mol. The number of amides is 1. The van der Waals surface area contributed by atoms with Crippen LogP contribution < -0.4 is 18.9 Å². The van der Waals surface area contributed by atoms with Gasteiger partial charge in [-0.05, 0) is 48.2 Å². The zero-order valence-corrected chi connectivity index (χ0v) is 16.1. The zero-order valence-electron chi connectivity index (χ0n) is 16.1. The summed E-state index contributed by atoms with van der Waals surface area (Å²) >= 11 is 0. The monoisotopic (exact) mass is 383 g/mol. The van der Waals surface area contributed by atoms with Crippen molar-refractivity contribution < 1.29 is 23.7 Å². The number of fused-ring (bicyclic) bond motifs is 2. The van der Waals surface area contributed by atoms with E-state index in [-0.39, 0.29) is 19.5 Å². The van der Waals surface area contributed by atoms with Crippen LogP contribution in [0.4, 0.5) is 0 Å². The number of carbonyl (C=O) groups excluding carboxylic acids is 1. The van der Waals surface area contributed by atoms with Gasteiger partial charge in [-0.1, -0.05) is 25.5 Å². The summed E-state index contributed by atoms with van der Waals surface area (Å²) in [4.78, 5) is 14.8. The first kappa shape index (κ1) is 18.5. The van der Waals surface area contributed by atoms with Gasteiger partial charge in [0, 0.05) is 19.5 Å². The Balaban J connectivity index is 1.39. The molecule has 0 spiro atoms. The fourth-order valence-corrected chi connectivity index (χ4v) is 3.41. The van der Waals surface area contributed by atoms with Gasteiger partial charge in [-0.2, -0.15) is 0 Å². The highest BCUT2D eigenvalue weighted by atomic mass is 16.7. The van der Waals surface area contributed by atoms with Gasteiger partial charge in [0.2, 0.25) is 19.5 Å². The Morgan fingerprint density at radius 1 is 0.893 bits per heavy atom. The molecular formula is C22H25NO5. The number of hydrogen-bond donors (Lipinski definition) is 0. The van der Waals surface area contributed by atoms with E-state index in [4.69, 9.17) is 18.9 Å². The minimum Gasteiger partial charge on any atom is -0.454 e. The van der Waals surface area contributed by atoms with Gasteiger partial charge in [-0.3, -0.25) is 4.79 Å². The Bertz CT molecular complexity index is 851. The number of carbonyl (C=O) groups is 1. The van der Waals surface area contributed by atoms with E-state index < -0.39 is 0 Å². The predicted octanol–water partition coefficient (Wildman–Crippen LogP) is 3.91. The molecule has 0 unspecified atom stereocenters. The van der Waals surface area contributed by atoms with Crippen molar-refractivity contribution in [3.05, 3.63) is 47.5 Å². The van der Waals surface area contributed by atoms with E-state index >= 15 is 0 Å². The minimum atomic E-state index is 0.156. The van der Waals surface area contributed by atoms with Gasteiger partial charge < -0.3 is 23.8 Å². The van der Waals surface area contributed by atoms with Crippen molar-refractivity contribution >= 4 is 5.91 Å². The number of unbranched alkanes of at least 4 members (excludes halogenated alkanes) is 1. The third-order valence-electron chi connectivity index (χ3n) is 5.01. The van der Waals surface area contributed by atoms with Crippen molar-refractivity contribution in [3.8, 4) is 23.0 Å². The van der Waals surface area contributed by atoms with Gasteiger partial charge in [-0.25, -0.2) is 0 Å². The molecule has 0 atom stereocenters. The topological polar surface area (TPSA) is 57.2 Å². The molecule has 28 heavy (non-hydrogen) atoms. The third-order valence-corrected chi connectivity index (χ3v) is 5.01. The Hall–Kier alpha value is -2.89. The second kappa shape index (κ2) is 8.42. The molecule has 2 aromatic carbocycles. The maximum absolute atomic E-state index is 12.9. The molecule has 0 N–H and O–H groups in total. The average Bonchev–Trinajstić information content (AvgIpc) is 3.37. The summed E-state index contributed by atoms with van der Waals surface area (Å²) in [6.07, 6.45) is 3.18. The van der Waals surface area contributed by atoms with E-state index in [0.29, 0.717) is 19.4 Å². The second-order valence-corrected chi connectivity index (χ2v) is 7.04. The summed E-state index contributed by atoms with van der Waals surface area (Å²) in [6, 6.07) is 11.7. The third kappa shape index (κ3) is 4.16. The molecule has 2 heterocycles. The van der Waals surface area contributed by atoms with Crippen molar-refractivity contribution in [1.29, 1.82) is 0 Å². The number of ether oxygens (including phenoxy) is 4. The molecule has 0 saturated carbocycles. The smallest absolute Gasteiger partial charge is 0.231 e. The average molecular weight is 383 g/mol. The summed E-state index contributed by atoms with van der Waals surface area (Å²) in [5, 5.41) is 0. The Labute approximate surface area is 165 Å². The largest absolute Gasteiger partial charge is 0.454 e. The van der Waals surface area contributed by atoms with E-state index in [1.165, 1.54) is 0 Å². The summed E-state index contributed by atoms with van der Waals surface area (Å²) < 4.78 is 21.6. The van der Waals surface area contributed by atoms with Crippen LogP contribution in [0.3, 0.4) is 0 Å². The quantitative estimate of drug-likeness (QED) is 0.692. The molecule has 0 fully saturated rings. The van der Waals surface area contributed by atoms with Gasteiger partial charge in [0.15, 0.2) is 23.0 Å². The molecule has 4 rings (SSSR count). The van der Waals surface area contributed by atoms with Crippen LogP contribution in [-0.2, 0) is 17.8 Å². The van der Waals surface area contributed by atoms with Crippen LogP contribution in [0.2, 0.25) is 0 Å². The van der Waals surface area contributed by atoms with Gasteiger partial charge in [0.1, 0.15) is 0 Å². The first-order valence-corrected chi connectivity index (χ1v) is 9.78. The Kier molecular flexibility index (Phi) is 5.55. The normalized spacial score (nSPS) is 13.6. The van der Waals surface area contributed by atoms with Crippen molar-refractivity contribution in [2.45, 2.75) is 39.2 Å². The Morgan fingerprint density at radius 2 is 1.50 bits per heavy atom. The van der Waals surface area contributed by atoms with E-state index in [1.807, 2.05) is 41.3 Å². The molecule has 1 amide bonds. The first-order valence-electron chi connectivity index (χ1n) is 9.78. The summed E-state index contributed by atoms with van der Waals surface area (Å²) in [5.74, 6) is 3.19. The lowest BCUT2D eigenvalue weighted by Gasteiger charge is -2.23. The summed E-state index contributed by atoms with van der Waals surface area (Å²) in [6.45, 7) is 3.99. The molecule has 2 aromatic rings. The van der Waals surface area contributed by atoms with Crippen LogP contribution in [0, 0.1) is 0 Å². The molecular weight excluding hydrogens is 358 g/mol. The number of nitrogens with zero attached hydrogens (tertiary/aromatic N) is 1. The number of aryl methyl sites for hydroxylation is 1. The number of hydrogen-bond acceptors (Lipinski definition) is 5. The van der Waals surface area contributed by atoms with Crippen LogP contribution in [0.15, 0.2) is 36.4 Å². The van der Waals surface area contributed by atoms with Crippen LogP contribution in [0.25, 0.3) is 0 Å². The fourth-order valence-electron chi connectivity index (χ4n) is 3.41. The Morgan fingerprint density at radius 3 is 2.18 bits per heavy atom. The molecule has 0 saturated heterocycles. The number of benzene rings is 2. The maximum Gasteiger partial charge on any atom is 0.231 e. The van der Waals surface area contributed by atoms with Crippen molar-refractivity contribution in [2.75, 3.05) is 20.1 Å².